The second kappa shape index (κ2) is 11.3. The van der Waals surface area contributed by atoms with E-state index in [2.05, 4.69) is 5.32 Å². The van der Waals surface area contributed by atoms with Gasteiger partial charge in [-0.25, -0.2) is 0 Å². The van der Waals surface area contributed by atoms with Crippen molar-refractivity contribution in [1.29, 1.82) is 0 Å². The minimum Gasteiger partial charge on any atom is -0.484 e. The van der Waals surface area contributed by atoms with E-state index in [1.165, 1.54) is 64.1 Å². The SMILES string of the molecule is CC(=O)Oc1ccc(NC(=O)COc2ccc(OC(C)=O)c(OC(C)=O)c2)cc1OC(C)=O. The Morgan fingerprint density at radius 1 is 0.636 bits per heavy atom. The van der Waals surface area contributed by atoms with Gasteiger partial charge in [0.25, 0.3) is 5.91 Å². The van der Waals surface area contributed by atoms with Crippen LogP contribution in [0.3, 0.4) is 0 Å². The van der Waals surface area contributed by atoms with Gasteiger partial charge >= 0.3 is 23.9 Å². The highest BCUT2D eigenvalue weighted by Gasteiger charge is 2.15. The van der Waals surface area contributed by atoms with Gasteiger partial charge in [0.2, 0.25) is 0 Å². The van der Waals surface area contributed by atoms with Crippen molar-refractivity contribution < 1.29 is 47.7 Å². The Kier molecular flexibility index (Phi) is 8.49. The van der Waals surface area contributed by atoms with E-state index >= 15 is 0 Å². The average molecular weight is 459 g/mol. The van der Waals surface area contributed by atoms with Crippen LogP contribution in [0.4, 0.5) is 5.69 Å². The predicted octanol–water partition coefficient (Wildman–Crippen LogP) is 2.41. The molecule has 0 atom stereocenters. The van der Waals surface area contributed by atoms with Gasteiger partial charge in [0, 0.05) is 45.5 Å². The zero-order valence-corrected chi connectivity index (χ0v) is 18.3. The van der Waals surface area contributed by atoms with Crippen LogP contribution < -0.4 is 29.0 Å². The molecule has 1 amide bonds. The molecule has 0 aliphatic heterocycles. The van der Waals surface area contributed by atoms with Crippen LogP contribution in [-0.2, 0) is 24.0 Å². The highest BCUT2D eigenvalue weighted by Crippen LogP contribution is 2.33. The molecule has 0 saturated carbocycles. The maximum Gasteiger partial charge on any atom is 0.308 e. The lowest BCUT2D eigenvalue weighted by Gasteiger charge is -2.13. The molecule has 0 heterocycles. The number of esters is 4. The van der Waals surface area contributed by atoms with E-state index in [1.807, 2.05) is 0 Å². The lowest BCUT2D eigenvalue weighted by atomic mass is 10.2. The van der Waals surface area contributed by atoms with Crippen molar-refractivity contribution in [2.75, 3.05) is 11.9 Å². The molecular formula is C22H21NO10. The summed E-state index contributed by atoms with van der Waals surface area (Å²) in [6, 6.07) is 8.17. The molecule has 11 nitrogen and oxygen atoms in total. The fourth-order valence-corrected chi connectivity index (χ4v) is 2.46. The lowest BCUT2D eigenvalue weighted by Crippen LogP contribution is -2.20. The summed E-state index contributed by atoms with van der Waals surface area (Å²) in [5.74, 6) is -2.98. The standard InChI is InChI=1S/C22H21NO10/c1-12(24)30-18-7-5-16(9-20(18)32-14(3)26)23-22(28)11-29-17-6-8-19(31-13(2)25)21(10-17)33-15(4)27/h5-10H,11H2,1-4H3,(H,23,28). The normalized spacial score (nSPS) is 9.94. The fourth-order valence-electron chi connectivity index (χ4n) is 2.46. The lowest BCUT2D eigenvalue weighted by molar-refractivity contribution is -0.134. The van der Waals surface area contributed by atoms with E-state index in [1.54, 1.807) is 0 Å². The first-order valence-electron chi connectivity index (χ1n) is 9.48. The fraction of sp³-hybridized carbons (Fsp3) is 0.227. The van der Waals surface area contributed by atoms with Crippen molar-refractivity contribution in [3.63, 3.8) is 0 Å². The highest BCUT2D eigenvalue weighted by atomic mass is 16.6. The molecule has 0 radical (unpaired) electrons. The van der Waals surface area contributed by atoms with Crippen LogP contribution in [0.1, 0.15) is 27.7 Å². The third kappa shape index (κ3) is 8.32. The van der Waals surface area contributed by atoms with Gasteiger partial charge in [0.1, 0.15) is 5.75 Å². The highest BCUT2D eigenvalue weighted by molar-refractivity contribution is 5.92. The summed E-state index contributed by atoms with van der Waals surface area (Å²) in [5.41, 5.74) is 0.251. The number of hydrogen-bond acceptors (Lipinski definition) is 10. The van der Waals surface area contributed by atoms with E-state index < -0.39 is 36.4 Å². The number of hydrogen-bond donors (Lipinski definition) is 1. The van der Waals surface area contributed by atoms with E-state index in [9.17, 15) is 24.0 Å². The smallest absolute Gasteiger partial charge is 0.308 e. The zero-order valence-electron chi connectivity index (χ0n) is 18.3. The summed E-state index contributed by atoms with van der Waals surface area (Å²) in [4.78, 5) is 57.2. The van der Waals surface area contributed by atoms with Crippen molar-refractivity contribution in [3.05, 3.63) is 36.4 Å². The molecule has 0 saturated heterocycles. The van der Waals surface area contributed by atoms with Crippen LogP contribution in [0, 0.1) is 0 Å². The topological polar surface area (TPSA) is 144 Å². The minimum absolute atomic E-state index is 0.0119. The Morgan fingerprint density at radius 3 is 1.61 bits per heavy atom. The number of nitrogens with one attached hydrogen (secondary N) is 1. The number of carbonyl (C=O) groups is 5. The molecule has 0 spiro atoms. The molecule has 0 aliphatic rings. The molecule has 1 N–H and O–H groups in total. The first kappa shape index (κ1) is 24.9. The first-order valence-corrected chi connectivity index (χ1v) is 9.48. The van der Waals surface area contributed by atoms with Gasteiger partial charge in [-0.1, -0.05) is 0 Å². The second-order valence-electron chi connectivity index (χ2n) is 6.48. The minimum atomic E-state index is -0.643. The van der Waals surface area contributed by atoms with Crippen LogP contribution >= 0.6 is 0 Å². The van der Waals surface area contributed by atoms with Crippen LogP contribution in [0.5, 0.6) is 28.7 Å². The molecule has 0 aromatic heterocycles. The summed E-state index contributed by atoms with van der Waals surface area (Å²) in [6.45, 7) is 4.30. The Bertz CT molecular complexity index is 1090. The van der Waals surface area contributed by atoms with E-state index in [0.29, 0.717) is 0 Å². The number of ether oxygens (including phenoxy) is 5. The number of carbonyl (C=O) groups excluding carboxylic acids is 5. The molecule has 0 fully saturated rings. The molecule has 2 aromatic carbocycles. The molecule has 2 rings (SSSR count). The molecule has 0 aliphatic carbocycles. The molecule has 11 heteroatoms. The van der Waals surface area contributed by atoms with Crippen LogP contribution in [0.2, 0.25) is 0 Å². The number of amides is 1. The Morgan fingerprint density at radius 2 is 1.09 bits per heavy atom. The Balaban J connectivity index is 2.08. The quantitative estimate of drug-likeness (QED) is 0.461. The van der Waals surface area contributed by atoms with Crippen molar-refractivity contribution >= 4 is 35.5 Å². The first-order chi connectivity index (χ1) is 15.5. The average Bonchev–Trinajstić information content (AvgIpc) is 2.68. The Labute approximate surface area is 188 Å². The monoisotopic (exact) mass is 459 g/mol. The number of anilines is 1. The van der Waals surface area contributed by atoms with Gasteiger partial charge in [-0.15, -0.1) is 0 Å². The second-order valence-corrected chi connectivity index (χ2v) is 6.48. The third-order valence-electron chi connectivity index (χ3n) is 3.53. The largest absolute Gasteiger partial charge is 0.484 e. The van der Waals surface area contributed by atoms with E-state index in [4.69, 9.17) is 23.7 Å². The Hall–Kier alpha value is -4.41. The van der Waals surface area contributed by atoms with Crippen LogP contribution in [0.25, 0.3) is 0 Å². The summed E-state index contributed by atoms with van der Waals surface area (Å²) in [6.07, 6.45) is 0. The van der Waals surface area contributed by atoms with Gasteiger partial charge in [-0.3, -0.25) is 24.0 Å². The molecule has 0 unspecified atom stereocenters. The van der Waals surface area contributed by atoms with E-state index in [0.717, 1.165) is 0 Å². The summed E-state index contributed by atoms with van der Waals surface area (Å²) in [5, 5.41) is 2.54. The van der Waals surface area contributed by atoms with Crippen LogP contribution in [-0.4, -0.2) is 36.4 Å². The van der Waals surface area contributed by atoms with Crippen LogP contribution in [0.15, 0.2) is 36.4 Å². The molecule has 174 valence electrons. The molecule has 0 bridgehead atoms. The van der Waals surface area contributed by atoms with Crippen molar-refractivity contribution in [1.82, 2.24) is 0 Å². The summed E-state index contributed by atoms with van der Waals surface area (Å²) >= 11 is 0. The van der Waals surface area contributed by atoms with Crippen molar-refractivity contribution in [3.8, 4) is 28.7 Å². The number of benzene rings is 2. The van der Waals surface area contributed by atoms with Crippen molar-refractivity contribution in [2.24, 2.45) is 0 Å². The van der Waals surface area contributed by atoms with Gasteiger partial charge < -0.3 is 29.0 Å². The summed E-state index contributed by atoms with van der Waals surface area (Å²) in [7, 11) is 0. The third-order valence-corrected chi connectivity index (χ3v) is 3.53. The van der Waals surface area contributed by atoms with Crippen molar-refractivity contribution in [2.45, 2.75) is 27.7 Å². The maximum absolute atomic E-state index is 12.3. The van der Waals surface area contributed by atoms with Gasteiger partial charge in [-0.05, 0) is 24.3 Å². The predicted molar refractivity (Wildman–Crippen MR) is 112 cm³/mol. The van der Waals surface area contributed by atoms with Gasteiger partial charge in [-0.2, -0.15) is 0 Å². The zero-order chi connectivity index (χ0) is 24.5. The molecule has 33 heavy (non-hydrogen) atoms. The van der Waals surface area contributed by atoms with Gasteiger partial charge in [0.05, 0.1) is 0 Å². The molecule has 2 aromatic rings. The maximum atomic E-state index is 12.3. The molecular weight excluding hydrogens is 438 g/mol. The summed E-state index contributed by atoms with van der Waals surface area (Å²) < 4.78 is 25.3. The van der Waals surface area contributed by atoms with E-state index in [-0.39, 0.29) is 34.4 Å². The number of rotatable bonds is 8. The van der Waals surface area contributed by atoms with Gasteiger partial charge in [0.15, 0.2) is 29.6 Å².